The lowest BCUT2D eigenvalue weighted by molar-refractivity contribution is -0.129. The van der Waals surface area contributed by atoms with Crippen LogP contribution in [-0.2, 0) is 11.2 Å². The highest BCUT2D eigenvalue weighted by Crippen LogP contribution is 2.28. The number of carbonyl (C=O) groups excluding carboxylic acids is 1. The van der Waals surface area contributed by atoms with Crippen LogP contribution in [0.5, 0.6) is 0 Å². The smallest absolute Gasteiger partial charge is 0.227 e. The van der Waals surface area contributed by atoms with Gasteiger partial charge in [0.05, 0.1) is 6.42 Å². The third-order valence-electron chi connectivity index (χ3n) is 4.83. The Hall–Kier alpha value is -2.55. The van der Waals surface area contributed by atoms with E-state index in [9.17, 15) is 4.79 Å². The van der Waals surface area contributed by atoms with Crippen LogP contribution in [0.3, 0.4) is 0 Å². The predicted molar refractivity (Wildman–Crippen MR) is 92.4 cm³/mol. The van der Waals surface area contributed by atoms with Crippen LogP contribution < -0.4 is 0 Å². The van der Waals surface area contributed by atoms with E-state index in [2.05, 4.69) is 35.3 Å². The molecule has 1 amide bonds. The van der Waals surface area contributed by atoms with Crippen molar-refractivity contribution < 1.29 is 4.79 Å². The summed E-state index contributed by atoms with van der Waals surface area (Å²) in [5, 5.41) is 1.15. The number of rotatable bonds is 3. The minimum Gasteiger partial charge on any atom is -0.361 e. The molecule has 3 heteroatoms. The molecule has 116 valence electrons. The van der Waals surface area contributed by atoms with Gasteiger partial charge in [-0.05, 0) is 23.6 Å². The van der Waals surface area contributed by atoms with Gasteiger partial charge >= 0.3 is 0 Å². The zero-order chi connectivity index (χ0) is 15.6. The van der Waals surface area contributed by atoms with Crippen LogP contribution >= 0.6 is 0 Å². The summed E-state index contributed by atoms with van der Waals surface area (Å²) in [5.41, 5.74) is 3.53. The van der Waals surface area contributed by atoms with Crippen molar-refractivity contribution >= 4 is 16.8 Å². The monoisotopic (exact) mass is 304 g/mol. The SMILES string of the molecule is O=C(Cc1c[nH]c2ccccc12)N1CCC(c2ccccc2)C1. The summed E-state index contributed by atoms with van der Waals surface area (Å²) < 4.78 is 0. The molecule has 0 saturated carbocycles. The fraction of sp³-hybridized carbons (Fsp3) is 0.250. The summed E-state index contributed by atoms with van der Waals surface area (Å²) in [6.45, 7) is 1.70. The molecule has 3 aromatic rings. The molecule has 1 fully saturated rings. The number of hydrogen-bond donors (Lipinski definition) is 1. The van der Waals surface area contributed by atoms with Gasteiger partial charge in [0.2, 0.25) is 5.91 Å². The third-order valence-corrected chi connectivity index (χ3v) is 4.83. The van der Waals surface area contributed by atoms with Crippen LogP contribution in [0.15, 0.2) is 60.8 Å². The van der Waals surface area contributed by atoms with Crippen molar-refractivity contribution in [3.8, 4) is 0 Å². The van der Waals surface area contributed by atoms with Crippen LogP contribution in [0.25, 0.3) is 10.9 Å². The highest BCUT2D eigenvalue weighted by Gasteiger charge is 2.27. The van der Waals surface area contributed by atoms with Crippen molar-refractivity contribution in [3.63, 3.8) is 0 Å². The molecule has 1 aliphatic heterocycles. The number of benzene rings is 2. The van der Waals surface area contributed by atoms with Gasteiger partial charge in [0, 0.05) is 36.1 Å². The minimum atomic E-state index is 0.230. The fourth-order valence-corrected chi connectivity index (χ4v) is 3.54. The van der Waals surface area contributed by atoms with Gasteiger partial charge in [-0.1, -0.05) is 48.5 Å². The fourth-order valence-electron chi connectivity index (χ4n) is 3.54. The molecule has 2 aromatic carbocycles. The Morgan fingerprint density at radius 2 is 1.87 bits per heavy atom. The summed E-state index contributed by atoms with van der Waals surface area (Å²) in [6, 6.07) is 18.7. The Bertz CT molecular complexity index is 822. The first-order valence-corrected chi connectivity index (χ1v) is 8.19. The van der Waals surface area contributed by atoms with Gasteiger partial charge in [-0.2, -0.15) is 0 Å². The largest absolute Gasteiger partial charge is 0.361 e. The van der Waals surface area contributed by atoms with Gasteiger partial charge in [0.1, 0.15) is 0 Å². The van der Waals surface area contributed by atoms with Gasteiger partial charge in [0.15, 0.2) is 0 Å². The van der Waals surface area contributed by atoms with Crippen LogP contribution in [-0.4, -0.2) is 28.9 Å². The number of aromatic amines is 1. The average Bonchev–Trinajstić information content (AvgIpc) is 3.24. The van der Waals surface area contributed by atoms with Crippen molar-refractivity contribution in [1.29, 1.82) is 0 Å². The van der Waals surface area contributed by atoms with E-state index in [1.54, 1.807) is 0 Å². The molecule has 2 heterocycles. The van der Waals surface area contributed by atoms with Crippen molar-refractivity contribution in [2.75, 3.05) is 13.1 Å². The molecule has 23 heavy (non-hydrogen) atoms. The Morgan fingerprint density at radius 3 is 2.74 bits per heavy atom. The summed E-state index contributed by atoms with van der Waals surface area (Å²) in [4.78, 5) is 17.9. The molecule has 1 N–H and O–H groups in total. The lowest BCUT2D eigenvalue weighted by Crippen LogP contribution is -2.29. The summed E-state index contributed by atoms with van der Waals surface area (Å²) in [5.74, 6) is 0.705. The average molecular weight is 304 g/mol. The Morgan fingerprint density at radius 1 is 1.09 bits per heavy atom. The molecule has 1 aromatic heterocycles. The Labute approximate surface area is 135 Å². The van der Waals surface area contributed by atoms with Crippen LogP contribution in [0.4, 0.5) is 0 Å². The number of para-hydroxylation sites is 1. The second-order valence-corrected chi connectivity index (χ2v) is 6.27. The van der Waals surface area contributed by atoms with Gasteiger partial charge in [-0.25, -0.2) is 0 Å². The van der Waals surface area contributed by atoms with Gasteiger partial charge in [-0.15, -0.1) is 0 Å². The number of likely N-dealkylation sites (tertiary alicyclic amines) is 1. The molecule has 1 aliphatic rings. The molecule has 1 saturated heterocycles. The van der Waals surface area contributed by atoms with E-state index >= 15 is 0 Å². The highest BCUT2D eigenvalue weighted by molar-refractivity contribution is 5.89. The third kappa shape index (κ3) is 2.74. The van der Waals surface area contributed by atoms with Gasteiger partial charge in [-0.3, -0.25) is 4.79 Å². The second-order valence-electron chi connectivity index (χ2n) is 6.27. The maximum absolute atomic E-state index is 12.6. The van der Waals surface area contributed by atoms with Crippen molar-refractivity contribution in [3.05, 3.63) is 71.9 Å². The van der Waals surface area contributed by atoms with E-state index < -0.39 is 0 Å². The van der Waals surface area contributed by atoms with Crippen LogP contribution in [0, 0.1) is 0 Å². The Balaban J connectivity index is 1.46. The lowest BCUT2D eigenvalue weighted by atomic mass is 9.99. The van der Waals surface area contributed by atoms with E-state index in [1.807, 2.05) is 35.4 Å². The van der Waals surface area contributed by atoms with E-state index in [0.717, 1.165) is 36.0 Å². The first-order valence-electron chi connectivity index (χ1n) is 8.19. The second kappa shape index (κ2) is 5.92. The number of nitrogens with zero attached hydrogens (tertiary/aromatic N) is 1. The predicted octanol–water partition coefficient (Wildman–Crippen LogP) is 3.73. The van der Waals surface area contributed by atoms with E-state index in [-0.39, 0.29) is 5.91 Å². The molecule has 1 unspecified atom stereocenters. The number of H-pyrrole nitrogens is 1. The first kappa shape index (κ1) is 14.1. The van der Waals surface area contributed by atoms with Crippen molar-refractivity contribution in [2.24, 2.45) is 0 Å². The zero-order valence-electron chi connectivity index (χ0n) is 13.0. The number of fused-ring (bicyclic) bond motifs is 1. The van der Waals surface area contributed by atoms with Gasteiger partial charge in [0.25, 0.3) is 0 Å². The summed E-state index contributed by atoms with van der Waals surface area (Å²) in [6.07, 6.45) is 3.50. The minimum absolute atomic E-state index is 0.230. The highest BCUT2D eigenvalue weighted by atomic mass is 16.2. The number of nitrogens with one attached hydrogen (secondary N) is 1. The molecular formula is C20H20N2O. The Kier molecular flexibility index (Phi) is 3.62. The molecule has 0 spiro atoms. The molecule has 0 bridgehead atoms. The summed E-state index contributed by atoms with van der Waals surface area (Å²) >= 11 is 0. The van der Waals surface area contributed by atoms with Crippen molar-refractivity contribution in [1.82, 2.24) is 9.88 Å². The van der Waals surface area contributed by atoms with Crippen LogP contribution in [0.1, 0.15) is 23.5 Å². The maximum atomic E-state index is 12.6. The topological polar surface area (TPSA) is 36.1 Å². The summed E-state index contributed by atoms with van der Waals surface area (Å²) in [7, 11) is 0. The molecular weight excluding hydrogens is 284 g/mol. The number of aromatic nitrogens is 1. The molecule has 0 radical (unpaired) electrons. The first-order chi connectivity index (χ1) is 11.3. The van der Waals surface area contributed by atoms with Crippen molar-refractivity contribution in [2.45, 2.75) is 18.8 Å². The quantitative estimate of drug-likeness (QED) is 0.786. The lowest BCUT2D eigenvalue weighted by Gasteiger charge is -2.16. The standard InChI is InChI=1S/C20H20N2O/c23-20(12-17-13-21-19-9-5-4-8-18(17)19)22-11-10-16(14-22)15-6-2-1-3-7-15/h1-9,13,16,21H,10-12,14H2. The van der Waals surface area contributed by atoms with E-state index in [1.165, 1.54) is 5.56 Å². The van der Waals surface area contributed by atoms with E-state index in [0.29, 0.717) is 12.3 Å². The normalized spacial score (nSPS) is 17.7. The molecule has 4 rings (SSSR count). The number of hydrogen-bond acceptors (Lipinski definition) is 1. The molecule has 3 nitrogen and oxygen atoms in total. The zero-order valence-corrected chi connectivity index (χ0v) is 13.0. The molecule has 1 atom stereocenters. The van der Waals surface area contributed by atoms with Gasteiger partial charge < -0.3 is 9.88 Å². The van der Waals surface area contributed by atoms with E-state index in [4.69, 9.17) is 0 Å². The number of amides is 1. The number of carbonyl (C=O) groups is 1. The van der Waals surface area contributed by atoms with Crippen LogP contribution in [0.2, 0.25) is 0 Å². The molecule has 0 aliphatic carbocycles. The maximum Gasteiger partial charge on any atom is 0.227 e.